The highest BCUT2D eigenvalue weighted by atomic mass is 19.4. The van der Waals surface area contributed by atoms with Gasteiger partial charge in [0.1, 0.15) is 11.4 Å². The van der Waals surface area contributed by atoms with E-state index in [0.717, 1.165) is 17.8 Å². The number of rotatable bonds is 3. The molecule has 2 heterocycles. The predicted octanol–water partition coefficient (Wildman–Crippen LogP) is 3.85. The third kappa shape index (κ3) is 3.68. The van der Waals surface area contributed by atoms with Crippen LogP contribution in [0, 0.1) is 6.92 Å². The molecule has 0 aliphatic rings. The highest BCUT2D eigenvalue weighted by Gasteiger charge is 2.33. The lowest BCUT2D eigenvalue weighted by atomic mass is 10.2. The Kier molecular flexibility index (Phi) is 4.26. The molecule has 3 rings (SSSR count). The fourth-order valence-electron chi connectivity index (χ4n) is 2.20. The molecule has 5 nitrogen and oxygen atoms in total. The first-order chi connectivity index (χ1) is 11.8. The molecule has 1 amide bonds. The summed E-state index contributed by atoms with van der Waals surface area (Å²) in [5.74, 6) is -0.734. The molecule has 128 valence electrons. The number of aromatic nitrogens is 3. The Morgan fingerprint density at radius 2 is 1.80 bits per heavy atom. The van der Waals surface area contributed by atoms with E-state index in [0.29, 0.717) is 11.4 Å². The van der Waals surface area contributed by atoms with E-state index in [1.807, 2.05) is 30.3 Å². The maximum absolute atomic E-state index is 12.7. The summed E-state index contributed by atoms with van der Waals surface area (Å²) in [6, 6.07) is 12.4. The number of carbonyl (C=O) groups excluding carboxylic acids is 1. The van der Waals surface area contributed by atoms with Gasteiger partial charge in [-0.25, -0.2) is 9.67 Å². The minimum Gasteiger partial charge on any atom is -0.318 e. The van der Waals surface area contributed by atoms with Crippen molar-refractivity contribution in [3.63, 3.8) is 0 Å². The van der Waals surface area contributed by atoms with E-state index in [1.54, 1.807) is 17.8 Å². The quantitative estimate of drug-likeness (QED) is 0.784. The first-order valence-electron chi connectivity index (χ1n) is 7.32. The van der Waals surface area contributed by atoms with Gasteiger partial charge in [0.15, 0.2) is 0 Å². The Hall–Kier alpha value is -3.16. The van der Waals surface area contributed by atoms with Crippen molar-refractivity contribution in [2.45, 2.75) is 13.1 Å². The van der Waals surface area contributed by atoms with Crippen LogP contribution in [-0.2, 0) is 6.18 Å². The number of aryl methyl sites for hydroxylation is 1. The van der Waals surface area contributed by atoms with Gasteiger partial charge in [0.05, 0.1) is 23.3 Å². The van der Waals surface area contributed by atoms with Crippen LogP contribution in [0.4, 0.5) is 18.9 Å². The summed E-state index contributed by atoms with van der Waals surface area (Å²) in [5, 5.41) is 6.83. The summed E-state index contributed by atoms with van der Waals surface area (Å²) in [5.41, 5.74) is 0.291. The largest absolute Gasteiger partial charge is 0.433 e. The van der Waals surface area contributed by atoms with Crippen molar-refractivity contribution < 1.29 is 18.0 Å². The van der Waals surface area contributed by atoms with Crippen LogP contribution in [0.3, 0.4) is 0 Å². The van der Waals surface area contributed by atoms with Crippen LogP contribution < -0.4 is 5.32 Å². The van der Waals surface area contributed by atoms with Gasteiger partial charge in [0.25, 0.3) is 5.91 Å². The van der Waals surface area contributed by atoms with Gasteiger partial charge in [-0.2, -0.15) is 18.3 Å². The Bertz CT molecular complexity index is 904. The van der Waals surface area contributed by atoms with Crippen molar-refractivity contribution >= 4 is 11.6 Å². The highest BCUT2D eigenvalue weighted by molar-refractivity contribution is 6.03. The third-order valence-corrected chi connectivity index (χ3v) is 3.44. The molecular weight excluding hydrogens is 333 g/mol. The van der Waals surface area contributed by atoms with Gasteiger partial charge >= 0.3 is 6.18 Å². The Morgan fingerprint density at radius 1 is 1.08 bits per heavy atom. The lowest BCUT2D eigenvalue weighted by Crippen LogP contribution is -2.17. The molecule has 8 heteroatoms. The molecule has 0 saturated carbocycles. The molecule has 0 atom stereocenters. The molecule has 0 bridgehead atoms. The second-order valence-electron chi connectivity index (χ2n) is 5.27. The molecule has 0 saturated heterocycles. The second-order valence-corrected chi connectivity index (χ2v) is 5.27. The smallest absolute Gasteiger partial charge is 0.318 e. The molecule has 0 radical (unpaired) electrons. The van der Waals surface area contributed by atoms with Crippen LogP contribution >= 0.6 is 0 Å². The molecule has 1 N–H and O–H groups in total. The number of hydrogen-bond acceptors (Lipinski definition) is 3. The van der Waals surface area contributed by atoms with Crippen molar-refractivity contribution in [1.29, 1.82) is 0 Å². The van der Waals surface area contributed by atoms with Gasteiger partial charge in [0.2, 0.25) is 0 Å². The summed E-state index contributed by atoms with van der Waals surface area (Å²) in [7, 11) is 0. The number of amides is 1. The van der Waals surface area contributed by atoms with Crippen LogP contribution in [0.5, 0.6) is 0 Å². The Labute approximate surface area is 141 Å². The van der Waals surface area contributed by atoms with Crippen molar-refractivity contribution in [3.8, 4) is 5.69 Å². The Morgan fingerprint density at radius 3 is 2.48 bits per heavy atom. The van der Waals surface area contributed by atoms with Crippen LogP contribution in [0.1, 0.15) is 21.9 Å². The molecular formula is C17H13F3N4O. The van der Waals surface area contributed by atoms with E-state index in [2.05, 4.69) is 15.4 Å². The molecule has 0 aliphatic heterocycles. The van der Waals surface area contributed by atoms with E-state index in [1.165, 1.54) is 6.07 Å². The van der Waals surface area contributed by atoms with Crippen molar-refractivity contribution in [1.82, 2.24) is 14.8 Å². The highest BCUT2D eigenvalue weighted by Crippen LogP contribution is 2.27. The van der Waals surface area contributed by atoms with E-state index in [-0.39, 0.29) is 5.69 Å². The molecule has 0 unspecified atom stereocenters. The summed E-state index contributed by atoms with van der Waals surface area (Å²) in [6.07, 6.45) is -3.01. The Balaban J connectivity index is 1.84. The van der Waals surface area contributed by atoms with Gasteiger partial charge in [-0.05, 0) is 31.2 Å². The number of alkyl halides is 3. The number of carbonyl (C=O) groups is 1. The van der Waals surface area contributed by atoms with E-state index in [4.69, 9.17) is 0 Å². The van der Waals surface area contributed by atoms with Gasteiger partial charge in [-0.1, -0.05) is 24.3 Å². The lowest BCUT2D eigenvalue weighted by Gasteiger charge is -2.07. The zero-order valence-electron chi connectivity index (χ0n) is 13.1. The van der Waals surface area contributed by atoms with Crippen molar-refractivity contribution in [2.24, 2.45) is 0 Å². The molecule has 3 aromatic rings. The van der Waals surface area contributed by atoms with Crippen LogP contribution in [-0.4, -0.2) is 20.7 Å². The van der Waals surface area contributed by atoms with Gasteiger partial charge in [0, 0.05) is 0 Å². The first-order valence-corrected chi connectivity index (χ1v) is 7.32. The average molecular weight is 346 g/mol. The SMILES string of the molecule is Cc1nn(-c2ccccc2)cc1NC(=O)c1cccc(C(F)(F)F)n1. The maximum atomic E-state index is 12.7. The predicted molar refractivity (Wildman–Crippen MR) is 85.5 cm³/mol. The fraction of sp³-hybridized carbons (Fsp3) is 0.118. The molecule has 0 aliphatic carbocycles. The van der Waals surface area contributed by atoms with E-state index < -0.39 is 17.8 Å². The molecule has 2 aromatic heterocycles. The van der Waals surface area contributed by atoms with E-state index in [9.17, 15) is 18.0 Å². The number of benzene rings is 1. The third-order valence-electron chi connectivity index (χ3n) is 3.44. The summed E-state index contributed by atoms with van der Waals surface area (Å²) in [4.78, 5) is 15.6. The lowest BCUT2D eigenvalue weighted by molar-refractivity contribution is -0.141. The average Bonchev–Trinajstić information content (AvgIpc) is 2.96. The van der Waals surface area contributed by atoms with Crippen molar-refractivity contribution in [2.75, 3.05) is 5.32 Å². The number of para-hydroxylation sites is 1. The standard InChI is InChI=1S/C17H13F3N4O/c1-11-14(10-24(23-11)12-6-3-2-4-7-12)22-16(25)13-8-5-9-15(21-13)17(18,19)20/h2-10H,1H3,(H,22,25). The van der Waals surface area contributed by atoms with Gasteiger partial charge in [-0.15, -0.1) is 0 Å². The van der Waals surface area contributed by atoms with Crippen molar-refractivity contribution in [3.05, 3.63) is 71.8 Å². The molecule has 0 fully saturated rings. The topological polar surface area (TPSA) is 59.8 Å². The van der Waals surface area contributed by atoms with Gasteiger partial charge in [-0.3, -0.25) is 4.79 Å². The first kappa shape index (κ1) is 16.7. The summed E-state index contributed by atoms with van der Waals surface area (Å²) < 4.78 is 39.7. The number of nitrogens with zero attached hydrogens (tertiary/aromatic N) is 3. The summed E-state index contributed by atoms with van der Waals surface area (Å²) in [6.45, 7) is 1.69. The molecule has 0 spiro atoms. The fourth-order valence-corrected chi connectivity index (χ4v) is 2.20. The normalized spacial score (nSPS) is 11.4. The number of hydrogen-bond donors (Lipinski definition) is 1. The summed E-state index contributed by atoms with van der Waals surface area (Å²) >= 11 is 0. The van der Waals surface area contributed by atoms with Crippen LogP contribution in [0.2, 0.25) is 0 Å². The molecule has 1 aromatic carbocycles. The monoisotopic (exact) mass is 346 g/mol. The van der Waals surface area contributed by atoms with E-state index >= 15 is 0 Å². The maximum Gasteiger partial charge on any atom is 0.433 e. The van der Waals surface area contributed by atoms with Crippen LogP contribution in [0.25, 0.3) is 5.69 Å². The second kappa shape index (κ2) is 6.39. The zero-order chi connectivity index (χ0) is 18.0. The van der Waals surface area contributed by atoms with Crippen LogP contribution in [0.15, 0.2) is 54.7 Å². The number of nitrogens with one attached hydrogen (secondary N) is 1. The molecule has 25 heavy (non-hydrogen) atoms. The minimum absolute atomic E-state index is 0.318. The number of pyridine rings is 1. The number of anilines is 1. The minimum atomic E-state index is -4.61. The van der Waals surface area contributed by atoms with Gasteiger partial charge < -0.3 is 5.32 Å². The zero-order valence-corrected chi connectivity index (χ0v) is 13.1. The number of halogens is 3.